The van der Waals surface area contributed by atoms with E-state index < -0.39 is 5.97 Å². The Morgan fingerprint density at radius 3 is 2.67 bits per heavy atom. The highest BCUT2D eigenvalue weighted by atomic mass is 16.4. The van der Waals surface area contributed by atoms with E-state index in [9.17, 15) is 14.7 Å². The predicted octanol–water partition coefficient (Wildman–Crippen LogP) is 2.92. The molecule has 1 aromatic rings. The zero-order valence-corrected chi connectivity index (χ0v) is 16.4. The molecule has 0 radical (unpaired) electrons. The number of nitrogens with zero attached hydrogens (tertiary/aromatic N) is 2. The van der Waals surface area contributed by atoms with Gasteiger partial charge in [-0.3, -0.25) is 9.59 Å². The van der Waals surface area contributed by atoms with E-state index >= 15 is 0 Å². The molecule has 2 aliphatic rings. The number of hydrogen-bond acceptors (Lipinski definition) is 4. The summed E-state index contributed by atoms with van der Waals surface area (Å²) in [4.78, 5) is 27.3. The molecule has 1 amide bonds. The van der Waals surface area contributed by atoms with Crippen LogP contribution >= 0.6 is 0 Å². The van der Waals surface area contributed by atoms with Crippen LogP contribution in [0.15, 0.2) is 29.5 Å². The molecular weight excluding hydrogens is 342 g/mol. The van der Waals surface area contributed by atoms with Gasteiger partial charge in [0.25, 0.3) is 0 Å². The molecule has 0 fully saturated rings. The smallest absolute Gasteiger partial charge is 0.307 e. The molecule has 0 atom stereocenters. The minimum Gasteiger partial charge on any atom is -0.481 e. The first-order chi connectivity index (χ1) is 12.8. The van der Waals surface area contributed by atoms with Crippen molar-refractivity contribution in [2.45, 2.75) is 52.5 Å². The molecule has 27 heavy (non-hydrogen) atoms. The van der Waals surface area contributed by atoms with Crippen LogP contribution in [0.4, 0.5) is 11.4 Å². The summed E-state index contributed by atoms with van der Waals surface area (Å²) in [6, 6.07) is 6.55. The number of hydrogen-bond donors (Lipinski definition) is 2. The van der Waals surface area contributed by atoms with E-state index in [1.54, 1.807) is 6.92 Å². The molecule has 0 aliphatic carbocycles. The maximum atomic E-state index is 11.9. The Balaban J connectivity index is 1.84. The number of amides is 1. The number of aliphatic carboxylic acids is 1. The Hall–Kier alpha value is -2.50. The third kappa shape index (κ3) is 4.43. The number of anilines is 2. The van der Waals surface area contributed by atoms with Crippen molar-refractivity contribution in [3.8, 4) is 0 Å². The Morgan fingerprint density at radius 2 is 2.00 bits per heavy atom. The summed E-state index contributed by atoms with van der Waals surface area (Å²) in [6.07, 6.45) is 2.83. The van der Waals surface area contributed by atoms with Crippen molar-refractivity contribution in [3.05, 3.63) is 35.0 Å². The Labute approximate surface area is 160 Å². The fraction of sp³-hybridized carbons (Fsp3) is 0.524. The second-order valence-electron chi connectivity index (χ2n) is 7.71. The van der Waals surface area contributed by atoms with Crippen molar-refractivity contribution in [3.63, 3.8) is 0 Å². The van der Waals surface area contributed by atoms with Gasteiger partial charge in [-0.05, 0) is 56.0 Å². The SMILES string of the molecule is CC(=O)N1CCCc2cc(N3CCC(NC(C)C)=C(CC(=O)O)C3)ccc21. The Kier molecular flexibility index (Phi) is 5.73. The molecule has 3 rings (SSSR count). The third-order valence-corrected chi connectivity index (χ3v) is 5.19. The zero-order valence-electron chi connectivity index (χ0n) is 16.4. The summed E-state index contributed by atoms with van der Waals surface area (Å²) >= 11 is 0. The molecule has 2 N–H and O–H groups in total. The molecule has 1 aromatic carbocycles. The summed E-state index contributed by atoms with van der Waals surface area (Å²) < 4.78 is 0. The van der Waals surface area contributed by atoms with Crippen LogP contribution in [0.5, 0.6) is 0 Å². The fourth-order valence-corrected chi connectivity index (χ4v) is 4.02. The number of fused-ring (bicyclic) bond motifs is 1. The molecule has 146 valence electrons. The van der Waals surface area contributed by atoms with Gasteiger partial charge in [-0.2, -0.15) is 0 Å². The number of carboxylic acid groups (broad SMARTS) is 1. The van der Waals surface area contributed by atoms with Gasteiger partial charge in [0, 0.05) is 56.1 Å². The monoisotopic (exact) mass is 371 g/mol. The number of aryl methyl sites for hydroxylation is 1. The normalized spacial score (nSPS) is 17.2. The van der Waals surface area contributed by atoms with Gasteiger partial charge in [0.05, 0.1) is 6.42 Å². The lowest BCUT2D eigenvalue weighted by Gasteiger charge is -2.35. The van der Waals surface area contributed by atoms with Crippen molar-refractivity contribution in [1.82, 2.24) is 5.32 Å². The lowest BCUT2D eigenvalue weighted by molar-refractivity contribution is -0.136. The van der Waals surface area contributed by atoms with E-state index in [1.165, 1.54) is 5.56 Å². The Bertz CT molecular complexity index is 770. The molecule has 2 heterocycles. The molecular formula is C21H29N3O3. The summed E-state index contributed by atoms with van der Waals surface area (Å²) in [6.45, 7) is 8.01. The summed E-state index contributed by atoms with van der Waals surface area (Å²) in [5.74, 6) is -0.713. The highest BCUT2D eigenvalue weighted by Gasteiger charge is 2.24. The summed E-state index contributed by atoms with van der Waals surface area (Å²) in [5.41, 5.74) is 5.34. The van der Waals surface area contributed by atoms with Crippen LogP contribution in [-0.2, 0) is 16.0 Å². The molecule has 0 unspecified atom stereocenters. The molecule has 2 aliphatic heterocycles. The van der Waals surface area contributed by atoms with Gasteiger partial charge in [-0.25, -0.2) is 0 Å². The van der Waals surface area contributed by atoms with Crippen molar-refractivity contribution in [2.24, 2.45) is 0 Å². The van der Waals surface area contributed by atoms with Crippen LogP contribution < -0.4 is 15.1 Å². The first kappa shape index (κ1) is 19.3. The van der Waals surface area contributed by atoms with E-state index in [1.807, 2.05) is 11.0 Å². The molecule has 0 spiro atoms. The molecule has 0 bridgehead atoms. The number of benzene rings is 1. The third-order valence-electron chi connectivity index (χ3n) is 5.19. The van der Waals surface area contributed by atoms with Crippen molar-refractivity contribution in [1.29, 1.82) is 0 Å². The summed E-state index contributed by atoms with van der Waals surface area (Å²) in [5, 5.41) is 12.7. The average molecular weight is 371 g/mol. The van der Waals surface area contributed by atoms with Gasteiger partial charge in [0.1, 0.15) is 0 Å². The maximum Gasteiger partial charge on any atom is 0.307 e. The Morgan fingerprint density at radius 1 is 1.22 bits per heavy atom. The van der Waals surface area contributed by atoms with E-state index in [0.717, 1.165) is 55.0 Å². The van der Waals surface area contributed by atoms with Crippen LogP contribution in [0.1, 0.15) is 45.6 Å². The van der Waals surface area contributed by atoms with Crippen LogP contribution in [0.2, 0.25) is 0 Å². The van der Waals surface area contributed by atoms with Gasteiger partial charge < -0.3 is 20.2 Å². The number of carboxylic acids is 1. The van der Waals surface area contributed by atoms with Crippen LogP contribution in [-0.4, -0.2) is 42.7 Å². The van der Waals surface area contributed by atoms with E-state index in [-0.39, 0.29) is 18.4 Å². The highest BCUT2D eigenvalue weighted by molar-refractivity contribution is 5.93. The van der Waals surface area contributed by atoms with Crippen molar-refractivity contribution in [2.75, 3.05) is 29.4 Å². The minimum atomic E-state index is -0.794. The van der Waals surface area contributed by atoms with Crippen LogP contribution in [0.25, 0.3) is 0 Å². The second kappa shape index (κ2) is 8.03. The summed E-state index contributed by atoms with van der Waals surface area (Å²) in [7, 11) is 0. The van der Waals surface area contributed by atoms with Crippen LogP contribution in [0, 0.1) is 0 Å². The number of rotatable bonds is 5. The average Bonchev–Trinajstić information content (AvgIpc) is 2.61. The lowest BCUT2D eigenvalue weighted by atomic mass is 9.98. The fourth-order valence-electron chi connectivity index (χ4n) is 4.02. The maximum absolute atomic E-state index is 11.9. The van der Waals surface area contributed by atoms with Crippen LogP contribution in [0.3, 0.4) is 0 Å². The number of carbonyl (C=O) groups excluding carboxylic acids is 1. The van der Waals surface area contributed by atoms with E-state index in [2.05, 4.69) is 36.2 Å². The quantitative estimate of drug-likeness (QED) is 0.833. The molecule has 0 aromatic heterocycles. The predicted molar refractivity (Wildman–Crippen MR) is 107 cm³/mol. The van der Waals surface area contributed by atoms with Crippen molar-refractivity contribution < 1.29 is 14.7 Å². The van der Waals surface area contributed by atoms with E-state index in [4.69, 9.17) is 0 Å². The van der Waals surface area contributed by atoms with Gasteiger partial charge in [-0.15, -0.1) is 0 Å². The lowest BCUT2D eigenvalue weighted by Crippen LogP contribution is -2.38. The molecule has 6 heteroatoms. The van der Waals surface area contributed by atoms with Crippen molar-refractivity contribution >= 4 is 23.3 Å². The second-order valence-corrected chi connectivity index (χ2v) is 7.71. The van der Waals surface area contributed by atoms with Gasteiger partial charge in [-0.1, -0.05) is 0 Å². The number of nitrogens with one attached hydrogen (secondary N) is 1. The van der Waals surface area contributed by atoms with Gasteiger partial charge >= 0.3 is 5.97 Å². The topological polar surface area (TPSA) is 72.9 Å². The highest BCUT2D eigenvalue weighted by Crippen LogP contribution is 2.33. The first-order valence-electron chi connectivity index (χ1n) is 9.70. The first-order valence-corrected chi connectivity index (χ1v) is 9.70. The molecule has 0 saturated heterocycles. The van der Waals surface area contributed by atoms with Gasteiger partial charge in [0.15, 0.2) is 0 Å². The zero-order chi connectivity index (χ0) is 19.6. The molecule has 6 nitrogen and oxygen atoms in total. The minimum absolute atomic E-state index is 0.0641. The largest absolute Gasteiger partial charge is 0.481 e. The number of carbonyl (C=O) groups is 2. The standard InChI is InChI=1S/C21H29N3O3/c1-14(2)22-19-8-10-23(13-17(19)12-21(26)27)18-6-7-20-16(11-18)5-4-9-24(20)15(3)25/h6-7,11,14,22H,4-5,8-10,12-13H2,1-3H3,(H,26,27). The molecule has 0 saturated carbocycles. The van der Waals surface area contributed by atoms with Gasteiger partial charge in [0.2, 0.25) is 5.91 Å². The van der Waals surface area contributed by atoms with E-state index in [0.29, 0.717) is 6.54 Å².